The number of hydrogen-bond acceptors (Lipinski definition) is 2. The molecular formula is C15H25NS. The highest BCUT2D eigenvalue weighted by Gasteiger charge is 2.08. The van der Waals surface area contributed by atoms with E-state index in [0.29, 0.717) is 6.04 Å². The van der Waals surface area contributed by atoms with Crippen LogP contribution in [0.4, 0.5) is 0 Å². The highest BCUT2D eigenvalue weighted by molar-refractivity contribution is 7.98. The molecule has 0 aliphatic heterocycles. The minimum atomic E-state index is 0.537. The van der Waals surface area contributed by atoms with Gasteiger partial charge in [-0.05, 0) is 37.0 Å². The van der Waals surface area contributed by atoms with E-state index in [1.165, 1.54) is 37.0 Å². The van der Waals surface area contributed by atoms with E-state index in [-0.39, 0.29) is 0 Å². The number of benzene rings is 1. The summed E-state index contributed by atoms with van der Waals surface area (Å²) in [6, 6.07) is 11.4. The molecule has 1 unspecified atom stereocenters. The van der Waals surface area contributed by atoms with Gasteiger partial charge in [0, 0.05) is 6.04 Å². The number of rotatable bonds is 9. The van der Waals surface area contributed by atoms with Crippen molar-refractivity contribution in [2.24, 2.45) is 0 Å². The van der Waals surface area contributed by atoms with E-state index in [0.717, 1.165) is 6.54 Å². The normalized spacial score (nSPS) is 12.6. The molecule has 1 aromatic rings. The first kappa shape index (κ1) is 14.6. The van der Waals surface area contributed by atoms with Crippen LogP contribution in [0.15, 0.2) is 30.3 Å². The van der Waals surface area contributed by atoms with Crippen LogP contribution in [0.5, 0.6) is 0 Å². The molecule has 1 atom stereocenters. The highest BCUT2D eigenvalue weighted by Crippen LogP contribution is 2.19. The predicted molar refractivity (Wildman–Crippen MR) is 79.7 cm³/mol. The molecule has 0 aliphatic carbocycles. The van der Waals surface area contributed by atoms with Crippen molar-refractivity contribution in [2.75, 3.05) is 18.6 Å². The topological polar surface area (TPSA) is 12.0 Å². The van der Waals surface area contributed by atoms with Gasteiger partial charge in [0.05, 0.1) is 0 Å². The smallest absolute Gasteiger partial charge is 0.0320 e. The van der Waals surface area contributed by atoms with Crippen molar-refractivity contribution in [1.82, 2.24) is 5.32 Å². The molecule has 0 saturated heterocycles. The SMILES string of the molecule is CCNC(CCCCCSC)c1ccccc1. The summed E-state index contributed by atoms with van der Waals surface area (Å²) >= 11 is 1.95. The maximum absolute atomic E-state index is 3.58. The molecule has 1 N–H and O–H groups in total. The lowest BCUT2D eigenvalue weighted by Crippen LogP contribution is -2.20. The van der Waals surface area contributed by atoms with Crippen molar-refractivity contribution >= 4 is 11.8 Å². The molecule has 0 heterocycles. The summed E-state index contributed by atoms with van der Waals surface area (Å²) < 4.78 is 0. The molecule has 96 valence electrons. The predicted octanol–water partition coefficient (Wildman–Crippen LogP) is 4.26. The fraction of sp³-hybridized carbons (Fsp3) is 0.600. The number of hydrogen-bond donors (Lipinski definition) is 1. The molecule has 0 amide bonds. The maximum Gasteiger partial charge on any atom is 0.0320 e. The Morgan fingerprint density at radius 3 is 2.53 bits per heavy atom. The number of unbranched alkanes of at least 4 members (excludes halogenated alkanes) is 2. The van der Waals surface area contributed by atoms with Gasteiger partial charge in [-0.1, -0.05) is 50.1 Å². The van der Waals surface area contributed by atoms with Crippen LogP contribution in [0.2, 0.25) is 0 Å². The van der Waals surface area contributed by atoms with Gasteiger partial charge in [0.2, 0.25) is 0 Å². The van der Waals surface area contributed by atoms with Crippen LogP contribution in [-0.4, -0.2) is 18.6 Å². The Morgan fingerprint density at radius 1 is 1.12 bits per heavy atom. The Kier molecular flexibility index (Phi) is 8.20. The first-order chi connectivity index (χ1) is 8.38. The molecule has 0 aromatic heterocycles. The highest BCUT2D eigenvalue weighted by atomic mass is 32.2. The third-order valence-corrected chi connectivity index (χ3v) is 3.69. The summed E-state index contributed by atoms with van der Waals surface area (Å²) in [6.07, 6.45) is 7.48. The van der Waals surface area contributed by atoms with Crippen molar-refractivity contribution < 1.29 is 0 Å². The third kappa shape index (κ3) is 6.13. The molecule has 0 aliphatic rings. The van der Waals surface area contributed by atoms with Crippen molar-refractivity contribution in [3.8, 4) is 0 Å². The van der Waals surface area contributed by atoms with Crippen LogP contribution >= 0.6 is 11.8 Å². The van der Waals surface area contributed by atoms with Crippen LogP contribution in [-0.2, 0) is 0 Å². The Balaban J connectivity index is 2.33. The summed E-state index contributed by atoms with van der Waals surface area (Å²) in [5.74, 6) is 1.30. The standard InChI is InChI=1S/C15H25NS/c1-3-16-15(12-8-5-9-13-17-2)14-10-6-4-7-11-14/h4,6-7,10-11,15-16H,3,5,8-9,12-13H2,1-2H3. The Morgan fingerprint density at radius 2 is 1.88 bits per heavy atom. The van der Waals surface area contributed by atoms with Crippen LogP contribution in [0, 0.1) is 0 Å². The third-order valence-electron chi connectivity index (χ3n) is 2.99. The second-order valence-corrected chi connectivity index (χ2v) is 5.35. The Labute approximate surface area is 110 Å². The molecule has 0 fully saturated rings. The van der Waals surface area contributed by atoms with Crippen LogP contribution < -0.4 is 5.32 Å². The Hall–Kier alpha value is -0.470. The zero-order valence-electron chi connectivity index (χ0n) is 11.1. The summed E-state index contributed by atoms with van der Waals surface area (Å²) in [6.45, 7) is 3.23. The zero-order chi connectivity index (χ0) is 12.3. The quantitative estimate of drug-likeness (QED) is 0.658. The molecule has 0 spiro atoms. The van der Waals surface area contributed by atoms with Crippen molar-refractivity contribution in [3.63, 3.8) is 0 Å². The second-order valence-electron chi connectivity index (χ2n) is 4.36. The Bertz CT molecular complexity index is 274. The lowest BCUT2D eigenvalue weighted by Gasteiger charge is -2.18. The second kappa shape index (κ2) is 9.55. The molecule has 2 heteroatoms. The fourth-order valence-corrected chi connectivity index (χ4v) is 2.58. The van der Waals surface area contributed by atoms with Gasteiger partial charge in [-0.25, -0.2) is 0 Å². The van der Waals surface area contributed by atoms with Gasteiger partial charge in [-0.15, -0.1) is 0 Å². The van der Waals surface area contributed by atoms with Crippen molar-refractivity contribution in [3.05, 3.63) is 35.9 Å². The molecule has 0 radical (unpaired) electrons. The summed E-state index contributed by atoms with van der Waals surface area (Å²) in [7, 11) is 0. The largest absolute Gasteiger partial charge is 0.310 e. The molecule has 1 nitrogen and oxygen atoms in total. The van der Waals surface area contributed by atoms with Gasteiger partial charge in [-0.3, -0.25) is 0 Å². The monoisotopic (exact) mass is 251 g/mol. The average molecular weight is 251 g/mol. The molecule has 0 saturated carbocycles. The van der Waals surface area contributed by atoms with Gasteiger partial charge in [-0.2, -0.15) is 11.8 Å². The van der Waals surface area contributed by atoms with E-state index in [1.54, 1.807) is 0 Å². The van der Waals surface area contributed by atoms with E-state index in [1.807, 2.05) is 11.8 Å². The van der Waals surface area contributed by atoms with Gasteiger partial charge in [0.25, 0.3) is 0 Å². The molecule has 0 bridgehead atoms. The minimum Gasteiger partial charge on any atom is -0.310 e. The first-order valence-corrected chi connectivity index (χ1v) is 8.05. The lowest BCUT2D eigenvalue weighted by atomic mass is 10.0. The molecule has 17 heavy (non-hydrogen) atoms. The molecular weight excluding hydrogens is 226 g/mol. The van der Waals surface area contributed by atoms with Crippen LogP contribution in [0.3, 0.4) is 0 Å². The molecule has 1 rings (SSSR count). The van der Waals surface area contributed by atoms with Crippen LogP contribution in [0.1, 0.15) is 44.2 Å². The van der Waals surface area contributed by atoms with Crippen molar-refractivity contribution in [2.45, 2.75) is 38.6 Å². The van der Waals surface area contributed by atoms with E-state index >= 15 is 0 Å². The van der Waals surface area contributed by atoms with Crippen molar-refractivity contribution in [1.29, 1.82) is 0 Å². The molecule has 1 aromatic carbocycles. The lowest BCUT2D eigenvalue weighted by molar-refractivity contribution is 0.487. The van der Waals surface area contributed by atoms with Gasteiger partial charge in [0.1, 0.15) is 0 Å². The average Bonchev–Trinajstić information content (AvgIpc) is 2.38. The zero-order valence-corrected chi connectivity index (χ0v) is 11.9. The summed E-state index contributed by atoms with van der Waals surface area (Å²) in [5.41, 5.74) is 1.43. The summed E-state index contributed by atoms with van der Waals surface area (Å²) in [5, 5.41) is 3.58. The van der Waals surface area contributed by atoms with Crippen LogP contribution in [0.25, 0.3) is 0 Å². The summed E-state index contributed by atoms with van der Waals surface area (Å²) in [4.78, 5) is 0. The first-order valence-electron chi connectivity index (χ1n) is 6.65. The minimum absolute atomic E-state index is 0.537. The number of thioether (sulfide) groups is 1. The van der Waals surface area contributed by atoms with E-state index in [4.69, 9.17) is 0 Å². The van der Waals surface area contributed by atoms with Gasteiger partial charge < -0.3 is 5.32 Å². The maximum atomic E-state index is 3.58. The van der Waals surface area contributed by atoms with Gasteiger partial charge in [0.15, 0.2) is 0 Å². The number of nitrogens with one attached hydrogen (secondary N) is 1. The van der Waals surface area contributed by atoms with E-state index < -0.39 is 0 Å². The van der Waals surface area contributed by atoms with Gasteiger partial charge >= 0.3 is 0 Å². The fourth-order valence-electron chi connectivity index (χ4n) is 2.09. The van der Waals surface area contributed by atoms with E-state index in [9.17, 15) is 0 Å². The van der Waals surface area contributed by atoms with E-state index in [2.05, 4.69) is 48.8 Å².